The zero-order valence-corrected chi connectivity index (χ0v) is 12.3. The molecule has 0 N–H and O–H groups in total. The fourth-order valence-corrected chi connectivity index (χ4v) is 3.49. The Morgan fingerprint density at radius 1 is 0.950 bits per heavy atom. The van der Waals surface area contributed by atoms with Crippen LogP contribution < -0.4 is 0 Å². The number of quaternary nitrogens is 1. The summed E-state index contributed by atoms with van der Waals surface area (Å²) in [5.74, 6) is 0.472. The highest BCUT2D eigenvalue weighted by molar-refractivity contribution is 5.79. The summed E-state index contributed by atoms with van der Waals surface area (Å²) in [6.45, 7) is 8.21. The van der Waals surface area contributed by atoms with Crippen molar-refractivity contribution < 1.29 is 9.28 Å². The van der Waals surface area contributed by atoms with Crippen LogP contribution in [-0.4, -0.2) is 61.0 Å². The molecule has 0 aromatic heterocycles. The number of Topliss-reactive ketones (excluding diaryl/α,β-unsaturated/α-hetero) is 1. The smallest absolute Gasteiger partial charge is 0.144 e. The second kappa shape index (κ2) is 6.06. The number of hydrogen-bond donors (Lipinski definition) is 0. The highest BCUT2D eigenvalue weighted by Gasteiger charge is 2.36. The lowest BCUT2D eigenvalue weighted by atomic mass is 10.0. The summed E-state index contributed by atoms with van der Waals surface area (Å²) in [5.41, 5.74) is 1.44. The SMILES string of the molecule is O=C1CC[N+]2(CC1)CCN(CCc1ccccc1)CC2. The maximum absolute atomic E-state index is 11.4. The van der Waals surface area contributed by atoms with Crippen molar-refractivity contribution in [3.63, 3.8) is 0 Å². The highest BCUT2D eigenvalue weighted by atomic mass is 16.1. The van der Waals surface area contributed by atoms with Gasteiger partial charge in [0.2, 0.25) is 0 Å². The average molecular weight is 273 g/mol. The Labute approximate surface area is 121 Å². The van der Waals surface area contributed by atoms with E-state index in [1.165, 1.54) is 42.8 Å². The van der Waals surface area contributed by atoms with Gasteiger partial charge in [-0.15, -0.1) is 0 Å². The van der Waals surface area contributed by atoms with Gasteiger partial charge in [0.1, 0.15) is 5.78 Å². The molecule has 0 aliphatic carbocycles. The van der Waals surface area contributed by atoms with Gasteiger partial charge in [-0.3, -0.25) is 9.69 Å². The molecule has 0 amide bonds. The maximum atomic E-state index is 11.4. The van der Waals surface area contributed by atoms with Crippen molar-refractivity contribution in [2.75, 3.05) is 45.8 Å². The molecule has 0 unspecified atom stereocenters. The molecule has 2 heterocycles. The molecule has 20 heavy (non-hydrogen) atoms. The molecule has 0 saturated carbocycles. The number of hydrogen-bond acceptors (Lipinski definition) is 2. The minimum absolute atomic E-state index is 0.472. The monoisotopic (exact) mass is 273 g/mol. The Balaban J connectivity index is 1.45. The molecule has 3 nitrogen and oxygen atoms in total. The molecule has 2 aliphatic rings. The molecule has 1 aromatic rings. The van der Waals surface area contributed by atoms with Gasteiger partial charge in [0.25, 0.3) is 0 Å². The normalized spacial score (nSPS) is 23.1. The number of benzene rings is 1. The number of piperidine rings is 1. The standard InChI is InChI=1S/C17H25N2O/c20-17-7-12-19(13-8-17)14-10-18(11-15-19)9-6-16-4-2-1-3-5-16/h1-5H,6-15H2/q+1. The first-order valence-corrected chi connectivity index (χ1v) is 7.89. The molecule has 3 rings (SSSR count). The molecule has 1 spiro atoms. The third kappa shape index (κ3) is 3.28. The molecule has 0 bridgehead atoms. The minimum atomic E-state index is 0.472. The van der Waals surface area contributed by atoms with Gasteiger partial charge in [0, 0.05) is 19.6 Å². The van der Waals surface area contributed by atoms with Crippen molar-refractivity contribution in [2.45, 2.75) is 19.3 Å². The predicted molar refractivity (Wildman–Crippen MR) is 80.6 cm³/mol. The first-order valence-electron chi connectivity index (χ1n) is 7.89. The van der Waals surface area contributed by atoms with E-state index in [1.54, 1.807) is 0 Å². The number of piperazine rings is 1. The van der Waals surface area contributed by atoms with E-state index < -0.39 is 0 Å². The largest absolute Gasteiger partial charge is 0.321 e. The maximum Gasteiger partial charge on any atom is 0.144 e. The van der Waals surface area contributed by atoms with Crippen LogP contribution in [0.15, 0.2) is 30.3 Å². The third-order valence-corrected chi connectivity index (χ3v) is 5.07. The second-order valence-corrected chi connectivity index (χ2v) is 6.35. The average Bonchev–Trinajstić information content (AvgIpc) is 2.51. The van der Waals surface area contributed by atoms with E-state index in [0.717, 1.165) is 32.4 Å². The molecule has 108 valence electrons. The predicted octanol–water partition coefficient (Wildman–Crippen LogP) is 1.72. The van der Waals surface area contributed by atoms with Gasteiger partial charge in [-0.05, 0) is 12.0 Å². The topological polar surface area (TPSA) is 20.3 Å². The van der Waals surface area contributed by atoms with Crippen molar-refractivity contribution in [1.82, 2.24) is 4.90 Å². The van der Waals surface area contributed by atoms with E-state index in [-0.39, 0.29) is 0 Å². The van der Waals surface area contributed by atoms with Crippen LogP contribution in [0.25, 0.3) is 0 Å². The van der Waals surface area contributed by atoms with Crippen molar-refractivity contribution >= 4 is 5.78 Å². The summed E-state index contributed by atoms with van der Waals surface area (Å²) < 4.78 is 1.20. The van der Waals surface area contributed by atoms with Crippen LogP contribution in [0, 0.1) is 0 Å². The van der Waals surface area contributed by atoms with Crippen LogP contribution >= 0.6 is 0 Å². The Bertz CT molecular complexity index is 437. The Kier molecular flexibility index (Phi) is 4.18. The molecule has 2 fully saturated rings. The highest BCUT2D eigenvalue weighted by Crippen LogP contribution is 2.20. The lowest BCUT2D eigenvalue weighted by Gasteiger charge is -2.46. The van der Waals surface area contributed by atoms with Crippen LogP contribution in [-0.2, 0) is 11.2 Å². The van der Waals surface area contributed by atoms with Gasteiger partial charge in [0.15, 0.2) is 0 Å². The van der Waals surface area contributed by atoms with Crippen molar-refractivity contribution in [2.24, 2.45) is 0 Å². The first-order chi connectivity index (χ1) is 9.76. The van der Waals surface area contributed by atoms with E-state index >= 15 is 0 Å². The third-order valence-electron chi connectivity index (χ3n) is 5.07. The van der Waals surface area contributed by atoms with Gasteiger partial charge in [-0.1, -0.05) is 30.3 Å². The lowest BCUT2D eigenvalue weighted by Crippen LogP contribution is -2.62. The van der Waals surface area contributed by atoms with Crippen LogP contribution in [0.3, 0.4) is 0 Å². The van der Waals surface area contributed by atoms with E-state index in [9.17, 15) is 4.79 Å². The zero-order chi connectivity index (χ0) is 13.8. The lowest BCUT2D eigenvalue weighted by molar-refractivity contribution is -0.933. The summed E-state index contributed by atoms with van der Waals surface area (Å²) in [6.07, 6.45) is 2.77. The Morgan fingerprint density at radius 3 is 2.25 bits per heavy atom. The van der Waals surface area contributed by atoms with Gasteiger partial charge >= 0.3 is 0 Å². The van der Waals surface area contributed by atoms with Crippen LogP contribution in [0.5, 0.6) is 0 Å². The van der Waals surface area contributed by atoms with Crippen molar-refractivity contribution in [1.29, 1.82) is 0 Å². The molecule has 2 aliphatic heterocycles. The zero-order valence-electron chi connectivity index (χ0n) is 12.3. The number of nitrogens with zero attached hydrogens (tertiary/aromatic N) is 2. The van der Waals surface area contributed by atoms with E-state index in [2.05, 4.69) is 35.2 Å². The Hall–Kier alpha value is -1.19. The molecule has 2 saturated heterocycles. The van der Waals surface area contributed by atoms with Crippen molar-refractivity contribution in [3.05, 3.63) is 35.9 Å². The van der Waals surface area contributed by atoms with E-state index in [0.29, 0.717) is 5.78 Å². The number of carbonyl (C=O) groups is 1. The molecule has 1 aromatic carbocycles. The van der Waals surface area contributed by atoms with Crippen LogP contribution in [0.1, 0.15) is 18.4 Å². The van der Waals surface area contributed by atoms with Gasteiger partial charge in [-0.25, -0.2) is 0 Å². The fraction of sp³-hybridized carbons (Fsp3) is 0.588. The van der Waals surface area contributed by atoms with Gasteiger partial charge in [0.05, 0.1) is 39.0 Å². The second-order valence-electron chi connectivity index (χ2n) is 6.35. The van der Waals surface area contributed by atoms with Crippen LogP contribution in [0.4, 0.5) is 0 Å². The number of carbonyl (C=O) groups excluding carboxylic acids is 1. The van der Waals surface area contributed by atoms with Crippen LogP contribution in [0.2, 0.25) is 0 Å². The summed E-state index contributed by atoms with van der Waals surface area (Å²) in [7, 11) is 0. The fourth-order valence-electron chi connectivity index (χ4n) is 3.49. The quantitative estimate of drug-likeness (QED) is 0.782. The molecule has 3 heteroatoms. The van der Waals surface area contributed by atoms with Crippen molar-refractivity contribution in [3.8, 4) is 0 Å². The number of ketones is 1. The summed E-state index contributed by atoms with van der Waals surface area (Å²) in [5, 5.41) is 0. The molecular formula is C17H25N2O+. The number of rotatable bonds is 3. The summed E-state index contributed by atoms with van der Waals surface area (Å²) in [6, 6.07) is 10.8. The van der Waals surface area contributed by atoms with E-state index in [1.807, 2.05) is 0 Å². The Morgan fingerprint density at radius 2 is 1.60 bits per heavy atom. The minimum Gasteiger partial charge on any atom is -0.321 e. The molecule has 0 radical (unpaired) electrons. The van der Waals surface area contributed by atoms with Gasteiger partial charge in [-0.2, -0.15) is 0 Å². The summed E-state index contributed by atoms with van der Waals surface area (Å²) in [4.78, 5) is 14.0. The molecule has 0 atom stereocenters. The molecular weight excluding hydrogens is 248 g/mol. The summed E-state index contributed by atoms with van der Waals surface area (Å²) >= 11 is 0. The van der Waals surface area contributed by atoms with Gasteiger partial charge < -0.3 is 4.48 Å². The first kappa shape index (κ1) is 13.8. The van der Waals surface area contributed by atoms with E-state index in [4.69, 9.17) is 0 Å².